The predicted molar refractivity (Wildman–Crippen MR) is 180 cm³/mol. The molecular weight excluding hydrogens is 857 g/mol. The number of carbonyl (C=O) groups is 2. The molecule has 2 N–H and O–H groups in total. The van der Waals surface area contributed by atoms with Gasteiger partial charge in [-0.2, -0.15) is 8.67 Å². The second-order valence-electron chi connectivity index (χ2n) is 10.7. The van der Waals surface area contributed by atoms with E-state index in [2.05, 4.69) is 29.4 Å². The normalized spacial score (nSPS) is 11.1. The smallest absolute Gasteiger partial charge is 0.744 e. The monoisotopic (exact) mass is 874 g/mol. The second-order valence-corrected chi connectivity index (χ2v) is 15.0. The molecule has 0 heterocycles. The van der Waals surface area contributed by atoms with Crippen LogP contribution in [0.25, 0.3) is 32.3 Å². The van der Waals surface area contributed by atoms with Gasteiger partial charge in [-0.05, 0) is 105 Å². The number of anilines is 2. The van der Waals surface area contributed by atoms with Gasteiger partial charge in [-0.3, -0.25) is 19.7 Å². The molecule has 0 radical (unpaired) electrons. The quantitative estimate of drug-likeness (QED) is 0.0381. The molecule has 56 heavy (non-hydrogen) atoms. The molecule has 0 saturated heterocycles. The molecule has 6 aromatic carbocycles. The molecule has 0 aliphatic heterocycles. The van der Waals surface area contributed by atoms with Crippen LogP contribution in [0.5, 0.6) is 0 Å². The molecule has 16 nitrogen and oxygen atoms in total. The van der Waals surface area contributed by atoms with Crippen molar-refractivity contribution in [3.05, 3.63) is 108 Å². The van der Waals surface area contributed by atoms with Crippen LogP contribution >= 0.6 is 24.1 Å². The summed E-state index contributed by atoms with van der Waals surface area (Å²) in [7, 11) is -10.1. The van der Waals surface area contributed by atoms with Crippen LogP contribution in [0.2, 0.25) is 0 Å². The Morgan fingerprint density at radius 1 is 0.518 bits per heavy atom. The molecule has 0 spiro atoms. The van der Waals surface area contributed by atoms with Gasteiger partial charge in [0.15, 0.2) is 0 Å². The van der Waals surface area contributed by atoms with Crippen LogP contribution in [0.1, 0.15) is 20.7 Å². The Bertz CT molecular complexity index is 2640. The average molecular weight is 875 g/mol. The van der Waals surface area contributed by atoms with E-state index in [1.54, 1.807) is 42.5 Å². The first kappa shape index (κ1) is 51.5. The van der Waals surface area contributed by atoms with Crippen molar-refractivity contribution in [1.82, 2.24) is 0 Å². The topological polar surface area (TPSA) is 256 Å². The molecule has 0 aromatic heterocycles. The van der Waals surface area contributed by atoms with Gasteiger partial charge in [0, 0.05) is 16.0 Å². The summed E-state index contributed by atoms with van der Waals surface area (Å²) >= 11 is 1.21. The van der Waals surface area contributed by atoms with E-state index >= 15 is 0 Å². The molecule has 0 bridgehead atoms. The summed E-state index contributed by atoms with van der Waals surface area (Å²) < 4.78 is 79.5. The summed E-state index contributed by atoms with van der Waals surface area (Å²) in [5, 5.41) is 35.3. The van der Waals surface area contributed by atoms with Crippen LogP contribution in [0, 0.1) is 0 Å². The van der Waals surface area contributed by atoms with Gasteiger partial charge in [0.25, 0.3) is 11.8 Å². The van der Waals surface area contributed by atoms with Gasteiger partial charge in [-0.25, -0.2) is 16.8 Å². The maximum Gasteiger partial charge on any atom is 1.00 e. The summed E-state index contributed by atoms with van der Waals surface area (Å²) in [6.45, 7) is 0. The Labute approximate surface area is 415 Å². The fraction of sp³-hybridized carbons (Fsp3) is 0. The van der Waals surface area contributed by atoms with Crippen molar-refractivity contribution in [1.29, 1.82) is 0 Å². The van der Waals surface area contributed by atoms with E-state index in [4.69, 9.17) is 0 Å². The zero-order chi connectivity index (χ0) is 37.2. The van der Waals surface area contributed by atoms with Crippen LogP contribution in [-0.2, 0) is 39.0 Å². The van der Waals surface area contributed by atoms with Crippen molar-refractivity contribution in [2.45, 2.75) is 19.6 Å². The van der Waals surface area contributed by atoms with Crippen molar-refractivity contribution in [3.63, 3.8) is 0 Å². The molecule has 24 heteroatoms. The standard InChI is InChI=1S/C32H22N2O14S4.4Na/c35-31(33-27-13-18-5-7-25(49-47-45-37)11-23(18)15-29(27)50-48-46-38)20-3-1-17-2-4-21(10-22(17)9-20)32(36)34-28-14-19-6-8-26(51(39,40)41)12-24(19)16-30(28)52(42,43)44;;;;/h1-16,37-38H,(H,33,35)(H,34,36)(H,39,40,41)(H,42,43,44);;;;/q;4*+1/p-4. The molecule has 268 valence electrons. The van der Waals surface area contributed by atoms with E-state index in [0.29, 0.717) is 50.5 Å². The minimum Gasteiger partial charge on any atom is -0.744 e. The van der Waals surface area contributed by atoms with E-state index in [-0.39, 0.29) is 156 Å². The summed E-state index contributed by atoms with van der Waals surface area (Å²) in [4.78, 5) is 26.1. The number of rotatable bonds is 12. The maximum absolute atomic E-state index is 13.4. The van der Waals surface area contributed by atoms with E-state index < -0.39 is 41.8 Å². The molecule has 6 rings (SSSR count). The first-order chi connectivity index (χ1) is 24.7. The molecule has 0 aliphatic carbocycles. The van der Waals surface area contributed by atoms with Gasteiger partial charge in [-0.15, -0.1) is 0 Å². The van der Waals surface area contributed by atoms with Gasteiger partial charge in [0.05, 0.1) is 50.1 Å². The Morgan fingerprint density at radius 2 is 1.02 bits per heavy atom. The average Bonchev–Trinajstić information content (AvgIpc) is 3.11. The minimum absolute atomic E-state index is 0. The first-order valence-corrected chi connectivity index (χ1v) is 18.5. The zero-order valence-electron chi connectivity index (χ0n) is 29.6. The third-order valence-corrected chi connectivity index (χ3v) is 10.5. The SMILES string of the molecule is O=C(Nc1cc2ccc(SOO[O-])cc2cc1SOO[O-])c1ccc2ccc(C(=O)Nc3cc4ccc(S(=O)(=O)[O-])cc4cc3S(=O)(=O)[O-])cc2c1.[Na+].[Na+].[Na+].[Na+]. The number of benzene rings is 6. The predicted octanol–water partition coefficient (Wildman–Crippen LogP) is -8.06. The van der Waals surface area contributed by atoms with Gasteiger partial charge in [0.1, 0.15) is 20.2 Å². The van der Waals surface area contributed by atoms with E-state index in [1.165, 1.54) is 30.3 Å². The van der Waals surface area contributed by atoms with Crippen molar-refractivity contribution < 1.29 is 183 Å². The van der Waals surface area contributed by atoms with E-state index in [0.717, 1.165) is 24.3 Å². The molecule has 0 aliphatic rings. The molecule has 0 unspecified atom stereocenters. The number of hydrogen-bond acceptors (Lipinski definition) is 16. The fourth-order valence-electron chi connectivity index (χ4n) is 5.21. The molecule has 2 amide bonds. The van der Waals surface area contributed by atoms with Crippen molar-refractivity contribution >= 4 is 99.8 Å². The number of nitrogens with one attached hydrogen (secondary N) is 2. The Morgan fingerprint density at radius 3 is 1.59 bits per heavy atom. The van der Waals surface area contributed by atoms with Crippen molar-refractivity contribution in [2.24, 2.45) is 0 Å². The summed E-state index contributed by atoms with van der Waals surface area (Å²) in [5.74, 6) is -1.39. The van der Waals surface area contributed by atoms with Gasteiger partial charge < -0.3 is 30.3 Å². The number of amides is 2. The third kappa shape index (κ3) is 12.7. The van der Waals surface area contributed by atoms with Crippen molar-refractivity contribution in [3.8, 4) is 0 Å². The summed E-state index contributed by atoms with van der Waals surface area (Å²) in [6.07, 6.45) is 0. The largest absolute Gasteiger partial charge is 1.00 e. The number of carbonyl (C=O) groups excluding carboxylic acids is 2. The molecular formula is C32H18N2Na4O14S4. The Kier molecular flexibility index (Phi) is 20.4. The second kappa shape index (κ2) is 22.2. The zero-order valence-corrected chi connectivity index (χ0v) is 40.9. The number of hydrogen-bond donors (Lipinski definition) is 2. The fourth-order valence-corrected chi connectivity index (χ4v) is 7.25. The number of fused-ring (bicyclic) bond motifs is 3. The third-order valence-electron chi connectivity index (χ3n) is 7.55. The minimum atomic E-state index is -5.19. The Hall–Kier alpha value is -0.680. The van der Waals surface area contributed by atoms with Crippen molar-refractivity contribution in [2.75, 3.05) is 10.6 Å². The van der Waals surface area contributed by atoms with Crippen LogP contribution < -0.4 is 139 Å². The van der Waals surface area contributed by atoms with E-state index in [9.17, 15) is 46.0 Å². The van der Waals surface area contributed by atoms with Crippen LogP contribution in [0.3, 0.4) is 0 Å². The van der Waals surface area contributed by atoms with Crippen LogP contribution in [0.15, 0.2) is 117 Å². The van der Waals surface area contributed by atoms with Gasteiger partial charge in [-0.1, -0.05) is 24.3 Å². The molecule has 0 saturated carbocycles. The molecule has 6 aromatic rings. The Balaban J connectivity index is 0.00000271. The van der Waals surface area contributed by atoms with Crippen LogP contribution in [0.4, 0.5) is 11.4 Å². The maximum atomic E-state index is 13.4. The molecule has 0 atom stereocenters. The molecule has 0 fully saturated rings. The summed E-state index contributed by atoms with van der Waals surface area (Å²) in [5.41, 5.74) is 0.0589. The first-order valence-electron chi connectivity index (χ1n) is 14.2. The van der Waals surface area contributed by atoms with E-state index in [1.807, 2.05) is 0 Å². The van der Waals surface area contributed by atoms with Crippen LogP contribution in [-0.4, -0.2) is 37.8 Å². The summed E-state index contributed by atoms with van der Waals surface area (Å²) in [6, 6.07) is 22.5. The van der Waals surface area contributed by atoms with Gasteiger partial charge >= 0.3 is 118 Å². The van der Waals surface area contributed by atoms with Gasteiger partial charge in [0.2, 0.25) is 0 Å².